The number of rotatable bonds is 7. The Hall–Kier alpha value is -0.650. The molecule has 0 amide bonds. The van der Waals surface area contributed by atoms with Crippen LogP contribution in [0.15, 0.2) is 0 Å². The normalized spacial score (nSPS) is 22.2. The van der Waals surface area contributed by atoms with E-state index < -0.39 is 5.54 Å². The fraction of sp³-hybridized carbons (Fsp3) is 0.933. The van der Waals surface area contributed by atoms with E-state index >= 15 is 0 Å². The lowest BCUT2D eigenvalue weighted by Gasteiger charge is -2.39. The topological polar surface area (TPSA) is 50.8 Å². The summed E-state index contributed by atoms with van der Waals surface area (Å²) in [4.78, 5) is 14.5. The Bertz CT molecular complexity index is 320. The van der Waals surface area contributed by atoms with E-state index in [0.29, 0.717) is 6.61 Å². The van der Waals surface area contributed by atoms with Crippen molar-refractivity contribution in [3.05, 3.63) is 0 Å². The van der Waals surface area contributed by atoms with Gasteiger partial charge < -0.3 is 14.8 Å². The second kappa shape index (κ2) is 7.38. The van der Waals surface area contributed by atoms with Gasteiger partial charge in [-0.1, -0.05) is 6.92 Å². The van der Waals surface area contributed by atoms with Gasteiger partial charge in [-0.25, -0.2) is 0 Å². The number of nitrogens with zero attached hydrogens (tertiary/aromatic N) is 1. The van der Waals surface area contributed by atoms with Crippen LogP contribution in [0.5, 0.6) is 0 Å². The molecule has 5 nitrogen and oxygen atoms in total. The summed E-state index contributed by atoms with van der Waals surface area (Å²) < 4.78 is 10.9. The van der Waals surface area contributed by atoms with Gasteiger partial charge in [0.25, 0.3) is 0 Å². The summed E-state index contributed by atoms with van der Waals surface area (Å²) in [6.45, 7) is 14.6. The van der Waals surface area contributed by atoms with Crippen molar-refractivity contribution in [2.45, 2.75) is 52.2 Å². The second-order valence-corrected chi connectivity index (χ2v) is 6.22. The fourth-order valence-electron chi connectivity index (χ4n) is 2.63. The van der Waals surface area contributed by atoms with Crippen LogP contribution in [0.3, 0.4) is 0 Å². The summed E-state index contributed by atoms with van der Waals surface area (Å²) in [6, 6.07) is 0. The molecule has 0 radical (unpaired) electrons. The van der Waals surface area contributed by atoms with Gasteiger partial charge in [0.2, 0.25) is 0 Å². The van der Waals surface area contributed by atoms with Crippen molar-refractivity contribution >= 4 is 5.97 Å². The summed E-state index contributed by atoms with van der Waals surface area (Å²) in [6.07, 6.45) is 0.746. The highest BCUT2D eigenvalue weighted by molar-refractivity contribution is 5.80. The van der Waals surface area contributed by atoms with Crippen molar-refractivity contribution in [2.24, 2.45) is 0 Å². The third-order valence-corrected chi connectivity index (χ3v) is 3.73. The molecule has 0 aliphatic carbocycles. The summed E-state index contributed by atoms with van der Waals surface area (Å²) in [5, 5.41) is 3.27. The maximum atomic E-state index is 12.1. The highest BCUT2D eigenvalue weighted by Crippen LogP contribution is 2.19. The lowest BCUT2D eigenvalue weighted by atomic mass is 9.96. The third kappa shape index (κ3) is 5.04. The van der Waals surface area contributed by atoms with E-state index in [1.165, 1.54) is 0 Å². The van der Waals surface area contributed by atoms with Crippen LogP contribution in [0, 0.1) is 0 Å². The molecule has 1 aliphatic heterocycles. The van der Waals surface area contributed by atoms with Gasteiger partial charge in [-0.3, -0.25) is 9.69 Å². The van der Waals surface area contributed by atoms with Crippen molar-refractivity contribution in [2.75, 3.05) is 39.4 Å². The Labute approximate surface area is 123 Å². The third-order valence-electron chi connectivity index (χ3n) is 3.73. The smallest absolute Gasteiger partial charge is 0.326 e. The standard InChI is InChI=1S/C15H30N2O3/c1-6-16-15(5,13(18)19-7-2)8-9-17-10-11-20-14(3,4)12-17/h16H,6-12H2,1-5H3. The zero-order valence-corrected chi connectivity index (χ0v) is 13.6. The second-order valence-electron chi connectivity index (χ2n) is 6.22. The monoisotopic (exact) mass is 286 g/mol. The average Bonchev–Trinajstić information content (AvgIpc) is 2.36. The van der Waals surface area contributed by atoms with E-state index in [1.807, 2.05) is 20.8 Å². The first kappa shape index (κ1) is 17.4. The Balaban J connectivity index is 2.56. The van der Waals surface area contributed by atoms with Gasteiger partial charge in [0, 0.05) is 19.6 Å². The number of nitrogens with one attached hydrogen (secondary N) is 1. The molecule has 0 aromatic carbocycles. The fourth-order valence-corrected chi connectivity index (χ4v) is 2.63. The number of hydrogen-bond donors (Lipinski definition) is 1. The van der Waals surface area contributed by atoms with Crippen LogP contribution in [0.25, 0.3) is 0 Å². The molecule has 1 aliphatic rings. The summed E-state index contributed by atoms with van der Waals surface area (Å²) in [7, 11) is 0. The highest BCUT2D eigenvalue weighted by atomic mass is 16.5. The van der Waals surface area contributed by atoms with Gasteiger partial charge in [0.05, 0.1) is 18.8 Å². The van der Waals surface area contributed by atoms with E-state index in [4.69, 9.17) is 9.47 Å². The van der Waals surface area contributed by atoms with E-state index in [2.05, 4.69) is 24.1 Å². The van der Waals surface area contributed by atoms with E-state index in [0.717, 1.165) is 39.2 Å². The Morgan fingerprint density at radius 2 is 2.15 bits per heavy atom. The molecule has 0 saturated carbocycles. The number of carbonyl (C=O) groups is 1. The van der Waals surface area contributed by atoms with Crippen molar-refractivity contribution in [1.82, 2.24) is 10.2 Å². The number of esters is 1. The predicted octanol–water partition coefficient (Wildman–Crippen LogP) is 1.42. The Morgan fingerprint density at radius 1 is 1.45 bits per heavy atom. The van der Waals surface area contributed by atoms with Gasteiger partial charge in [0.1, 0.15) is 5.54 Å². The Kier molecular flexibility index (Phi) is 6.43. The number of hydrogen-bond acceptors (Lipinski definition) is 5. The first-order chi connectivity index (χ1) is 9.33. The van der Waals surface area contributed by atoms with Crippen molar-refractivity contribution < 1.29 is 14.3 Å². The molecular formula is C15H30N2O3. The number of carbonyl (C=O) groups excluding carboxylic acids is 1. The van der Waals surface area contributed by atoms with Crippen LogP contribution in [0.2, 0.25) is 0 Å². The van der Waals surface area contributed by atoms with Crippen molar-refractivity contribution in [3.63, 3.8) is 0 Å². The van der Waals surface area contributed by atoms with Crippen LogP contribution in [-0.4, -0.2) is 61.4 Å². The quantitative estimate of drug-likeness (QED) is 0.717. The molecule has 20 heavy (non-hydrogen) atoms. The summed E-state index contributed by atoms with van der Waals surface area (Å²) in [5.41, 5.74) is -0.704. The lowest BCUT2D eigenvalue weighted by Crippen LogP contribution is -2.54. The van der Waals surface area contributed by atoms with Gasteiger partial charge in [-0.2, -0.15) is 0 Å². The molecule has 0 bridgehead atoms. The molecule has 0 aromatic rings. The van der Waals surface area contributed by atoms with Crippen LogP contribution >= 0.6 is 0 Å². The van der Waals surface area contributed by atoms with Crippen LogP contribution in [0.1, 0.15) is 41.0 Å². The first-order valence-electron chi connectivity index (χ1n) is 7.61. The van der Waals surface area contributed by atoms with E-state index in [1.54, 1.807) is 0 Å². The lowest BCUT2D eigenvalue weighted by molar-refractivity contribution is -0.151. The largest absolute Gasteiger partial charge is 0.465 e. The highest BCUT2D eigenvalue weighted by Gasteiger charge is 2.35. The molecule has 0 spiro atoms. The molecule has 1 heterocycles. The molecule has 1 saturated heterocycles. The van der Waals surface area contributed by atoms with Crippen LogP contribution in [-0.2, 0) is 14.3 Å². The molecule has 1 unspecified atom stereocenters. The minimum Gasteiger partial charge on any atom is -0.465 e. The van der Waals surface area contributed by atoms with E-state index in [-0.39, 0.29) is 11.6 Å². The van der Waals surface area contributed by atoms with Gasteiger partial charge in [-0.05, 0) is 40.7 Å². The molecule has 5 heteroatoms. The van der Waals surface area contributed by atoms with Crippen molar-refractivity contribution in [1.29, 1.82) is 0 Å². The summed E-state index contributed by atoms with van der Waals surface area (Å²) >= 11 is 0. The van der Waals surface area contributed by atoms with Gasteiger partial charge in [0.15, 0.2) is 0 Å². The van der Waals surface area contributed by atoms with Gasteiger partial charge in [-0.15, -0.1) is 0 Å². The molecule has 1 atom stereocenters. The maximum Gasteiger partial charge on any atom is 0.326 e. The summed E-state index contributed by atoms with van der Waals surface area (Å²) in [5.74, 6) is -0.158. The molecule has 1 rings (SSSR count). The maximum absolute atomic E-state index is 12.1. The number of morpholine rings is 1. The molecule has 118 valence electrons. The van der Waals surface area contributed by atoms with Crippen LogP contribution in [0.4, 0.5) is 0 Å². The van der Waals surface area contributed by atoms with Gasteiger partial charge >= 0.3 is 5.97 Å². The average molecular weight is 286 g/mol. The van der Waals surface area contributed by atoms with E-state index in [9.17, 15) is 4.79 Å². The molecule has 1 fully saturated rings. The SMILES string of the molecule is CCNC(C)(CCN1CCOC(C)(C)C1)C(=O)OCC. The zero-order valence-electron chi connectivity index (χ0n) is 13.6. The first-order valence-corrected chi connectivity index (χ1v) is 7.61. The molecule has 0 aromatic heterocycles. The molecular weight excluding hydrogens is 256 g/mol. The molecule has 1 N–H and O–H groups in total. The van der Waals surface area contributed by atoms with Crippen molar-refractivity contribution in [3.8, 4) is 0 Å². The Morgan fingerprint density at radius 3 is 2.70 bits per heavy atom. The van der Waals surface area contributed by atoms with Crippen LogP contribution < -0.4 is 5.32 Å². The minimum absolute atomic E-state index is 0.100. The number of ether oxygens (including phenoxy) is 2. The predicted molar refractivity (Wildman–Crippen MR) is 79.8 cm³/mol. The number of likely N-dealkylation sites (N-methyl/N-ethyl adjacent to an activating group) is 1. The minimum atomic E-state index is -0.604. The zero-order chi connectivity index (χ0) is 15.2.